The van der Waals surface area contributed by atoms with Gasteiger partial charge in [-0.3, -0.25) is 0 Å². The number of hydrogen-bond acceptors (Lipinski definition) is 1. The maximum atomic E-state index is 11.2. The van der Waals surface area contributed by atoms with Gasteiger partial charge in [0.15, 0.2) is 5.78 Å². The molecular weight excluding hydrogens is 138 g/mol. The highest BCUT2D eigenvalue weighted by Gasteiger charge is 2.14. The van der Waals surface area contributed by atoms with Crippen molar-refractivity contribution in [1.82, 2.24) is 0 Å². The first-order chi connectivity index (χ1) is 5.00. The standard InChI is InChI=1S/C9H13NO/c1-6(2)8(10-5)9(11)7(3)4/h7H,1-4H3. The lowest BCUT2D eigenvalue weighted by Crippen LogP contribution is -2.08. The molecule has 0 rings (SSSR count). The highest BCUT2D eigenvalue weighted by Crippen LogP contribution is 2.11. The Balaban J connectivity index is 4.73. The Morgan fingerprint density at radius 2 is 1.82 bits per heavy atom. The van der Waals surface area contributed by atoms with Crippen LogP contribution in [0.25, 0.3) is 4.85 Å². The number of carbonyl (C=O) groups is 1. The predicted molar refractivity (Wildman–Crippen MR) is 44.8 cm³/mol. The van der Waals surface area contributed by atoms with Gasteiger partial charge in [0.2, 0.25) is 5.70 Å². The summed E-state index contributed by atoms with van der Waals surface area (Å²) in [5.41, 5.74) is 1.10. The third-order valence-electron chi connectivity index (χ3n) is 1.34. The largest absolute Gasteiger partial charge is 0.308 e. The molecule has 0 saturated carbocycles. The summed E-state index contributed by atoms with van der Waals surface area (Å²) in [5, 5.41) is 0. The average molecular weight is 151 g/mol. The lowest BCUT2D eigenvalue weighted by Gasteiger charge is -2.02. The Kier molecular flexibility index (Phi) is 3.53. The van der Waals surface area contributed by atoms with Crippen molar-refractivity contribution in [2.75, 3.05) is 0 Å². The topological polar surface area (TPSA) is 21.4 Å². The van der Waals surface area contributed by atoms with E-state index in [0.717, 1.165) is 5.57 Å². The van der Waals surface area contributed by atoms with Gasteiger partial charge in [-0.1, -0.05) is 33.3 Å². The molecule has 60 valence electrons. The lowest BCUT2D eigenvalue weighted by molar-refractivity contribution is -0.118. The van der Waals surface area contributed by atoms with E-state index < -0.39 is 0 Å². The number of hydrogen-bond donors (Lipinski definition) is 0. The van der Waals surface area contributed by atoms with Gasteiger partial charge in [-0.15, -0.1) is 0 Å². The summed E-state index contributed by atoms with van der Waals surface area (Å²) in [6.45, 7) is 13.9. The van der Waals surface area contributed by atoms with Crippen LogP contribution in [0, 0.1) is 12.5 Å². The fraction of sp³-hybridized carbons (Fsp3) is 0.556. The normalized spacial score (nSPS) is 9.09. The van der Waals surface area contributed by atoms with E-state index >= 15 is 0 Å². The fourth-order valence-electron chi connectivity index (χ4n) is 0.687. The van der Waals surface area contributed by atoms with Crippen LogP contribution < -0.4 is 0 Å². The summed E-state index contributed by atoms with van der Waals surface area (Å²) in [6.07, 6.45) is 0. The maximum Gasteiger partial charge on any atom is 0.228 e. The van der Waals surface area contributed by atoms with Gasteiger partial charge >= 0.3 is 0 Å². The van der Waals surface area contributed by atoms with Crippen LogP contribution in [0.2, 0.25) is 0 Å². The van der Waals surface area contributed by atoms with Crippen LogP contribution in [0.4, 0.5) is 0 Å². The third kappa shape index (κ3) is 2.55. The van der Waals surface area contributed by atoms with Crippen molar-refractivity contribution in [1.29, 1.82) is 0 Å². The zero-order valence-corrected chi connectivity index (χ0v) is 7.43. The van der Waals surface area contributed by atoms with Crippen molar-refractivity contribution < 1.29 is 4.79 Å². The predicted octanol–water partition coefficient (Wildman–Crippen LogP) is 2.42. The van der Waals surface area contributed by atoms with Crippen molar-refractivity contribution in [2.45, 2.75) is 27.7 Å². The molecule has 0 radical (unpaired) electrons. The molecule has 11 heavy (non-hydrogen) atoms. The van der Waals surface area contributed by atoms with E-state index in [2.05, 4.69) is 4.85 Å². The van der Waals surface area contributed by atoms with E-state index in [1.807, 2.05) is 0 Å². The SMILES string of the molecule is [C-]#[N+]C(C(=O)C(C)C)=C(C)C. The average Bonchev–Trinajstić information content (AvgIpc) is 1.88. The molecule has 0 amide bonds. The molecule has 0 atom stereocenters. The monoisotopic (exact) mass is 151 g/mol. The minimum atomic E-state index is -0.0750. The van der Waals surface area contributed by atoms with E-state index in [1.54, 1.807) is 27.7 Å². The molecule has 0 aromatic carbocycles. The van der Waals surface area contributed by atoms with Gasteiger partial charge in [0.05, 0.1) is 6.57 Å². The molecule has 0 aliphatic heterocycles. The molecule has 0 aromatic rings. The lowest BCUT2D eigenvalue weighted by atomic mass is 10.0. The van der Waals surface area contributed by atoms with Crippen LogP contribution in [-0.2, 0) is 4.79 Å². The summed E-state index contributed by atoms with van der Waals surface area (Å²) >= 11 is 0. The van der Waals surface area contributed by atoms with Gasteiger partial charge in [-0.05, 0) is 0 Å². The zero-order chi connectivity index (χ0) is 9.02. The summed E-state index contributed by atoms with van der Waals surface area (Å²) in [7, 11) is 0. The fourth-order valence-corrected chi connectivity index (χ4v) is 0.687. The Hall–Kier alpha value is -1.10. The van der Waals surface area contributed by atoms with Crippen LogP contribution in [0.15, 0.2) is 11.3 Å². The third-order valence-corrected chi connectivity index (χ3v) is 1.34. The Bertz CT molecular complexity index is 226. The van der Waals surface area contributed by atoms with Crippen molar-refractivity contribution in [3.8, 4) is 0 Å². The van der Waals surface area contributed by atoms with Crippen LogP contribution in [0.3, 0.4) is 0 Å². The van der Waals surface area contributed by atoms with E-state index in [1.165, 1.54) is 0 Å². The molecule has 0 aliphatic rings. The number of nitrogens with zero attached hydrogens (tertiary/aromatic N) is 1. The molecule has 0 aliphatic carbocycles. The van der Waals surface area contributed by atoms with Crippen molar-refractivity contribution >= 4 is 5.78 Å². The minimum Gasteiger partial charge on any atom is -0.308 e. The number of ketones is 1. The highest BCUT2D eigenvalue weighted by atomic mass is 16.1. The Morgan fingerprint density at radius 3 is 1.91 bits per heavy atom. The molecule has 0 fully saturated rings. The van der Waals surface area contributed by atoms with E-state index in [4.69, 9.17) is 6.57 Å². The van der Waals surface area contributed by atoms with Gasteiger partial charge in [-0.25, -0.2) is 4.85 Å². The van der Waals surface area contributed by atoms with Gasteiger partial charge in [0.25, 0.3) is 0 Å². The van der Waals surface area contributed by atoms with Crippen molar-refractivity contribution in [3.05, 3.63) is 22.7 Å². The van der Waals surface area contributed by atoms with Crippen molar-refractivity contribution in [3.63, 3.8) is 0 Å². The summed E-state index contributed by atoms with van der Waals surface area (Å²) in [6, 6.07) is 0. The van der Waals surface area contributed by atoms with Crippen LogP contribution in [-0.4, -0.2) is 5.78 Å². The summed E-state index contributed by atoms with van der Waals surface area (Å²) in [5.74, 6) is -0.131. The number of allylic oxidation sites excluding steroid dienone is 2. The number of carbonyl (C=O) groups excluding carboxylic acids is 1. The molecule has 0 unspecified atom stereocenters. The maximum absolute atomic E-state index is 11.2. The van der Waals surface area contributed by atoms with Crippen LogP contribution >= 0.6 is 0 Å². The van der Waals surface area contributed by atoms with E-state index in [9.17, 15) is 4.79 Å². The molecular formula is C9H13NO. The zero-order valence-electron chi connectivity index (χ0n) is 7.43. The minimum absolute atomic E-state index is 0.0556. The molecule has 0 saturated heterocycles. The first kappa shape index (κ1) is 9.90. The second-order valence-electron chi connectivity index (χ2n) is 2.98. The molecule has 0 aromatic heterocycles. The van der Waals surface area contributed by atoms with E-state index in [-0.39, 0.29) is 11.7 Å². The highest BCUT2D eigenvalue weighted by molar-refractivity contribution is 5.98. The molecule has 0 heterocycles. The first-order valence-electron chi connectivity index (χ1n) is 3.59. The van der Waals surface area contributed by atoms with Gasteiger partial charge in [-0.2, -0.15) is 0 Å². The summed E-state index contributed by atoms with van der Waals surface area (Å²) < 4.78 is 0. The molecule has 2 heteroatoms. The number of rotatable bonds is 2. The van der Waals surface area contributed by atoms with Gasteiger partial charge < -0.3 is 4.79 Å². The molecule has 0 bridgehead atoms. The van der Waals surface area contributed by atoms with Crippen LogP contribution in [0.5, 0.6) is 0 Å². The summed E-state index contributed by atoms with van der Waals surface area (Å²) in [4.78, 5) is 14.4. The smallest absolute Gasteiger partial charge is 0.228 e. The second-order valence-corrected chi connectivity index (χ2v) is 2.98. The second kappa shape index (κ2) is 3.92. The Labute approximate surface area is 67.7 Å². The molecule has 0 N–H and O–H groups in total. The van der Waals surface area contributed by atoms with E-state index in [0.29, 0.717) is 5.70 Å². The Morgan fingerprint density at radius 1 is 1.36 bits per heavy atom. The molecule has 2 nitrogen and oxygen atoms in total. The van der Waals surface area contributed by atoms with Crippen LogP contribution in [0.1, 0.15) is 27.7 Å². The molecule has 0 spiro atoms. The first-order valence-corrected chi connectivity index (χ1v) is 3.59. The quantitative estimate of drug-likeness (QED) is 0.438. The van der Waals surface area contributed by atoms with Gasteiger partial charge in [0.1, 0.15) is 0 Å². The number of Topliss-reactive ketones (excluding diaryl/α,β-unsaturated/α-hetero) is 1. The van der Waals surface area contributed by atoms with Crippen molar-refractivity contribution in [2.24, 2.45) is 5.92 Å². The van der Waals surface area contributed by atoms with Gasteiger partial charge in [0, 0.05) is 5.92 Å².